The van der Waals surface area contributed by atoms with E-state index in [0.717, 1.165) is 6.26 Å². The van der Waals surface area contributed by atoms with Gasteiger partial charge in [-0.25, -0.2) is 8.42 Å². The van der Waals surface area contributed by atoms with Crippen LogP contribution in [-0.2, 0) is 9.84 Å². The van der Waals surface area contributed by atoms with Crippen LogP contribution in [0, 0.1) is 11.3 Å². The number of nitrogens with two attached hydrogens (primary N) is 1. The molecule has 1 aromatic rings. The van der Waals surface area contributed by atoms with Crippen LogP contribution in [0.3, 0.4) is 0 Å². The lowest BCUT2D eigenvalue weighted by molar-refractivity contribution is 0.602. The molecule has 0 aromatic heterocycles. The van der Waals surface area contributed by atoms with Crippen LogP contribution in [0.5, 0.6) is 0 Å². The van der Waals surface area contributed by atoms with Gasteiger partial charge in [0.15, 0.2) is 9.84 Å². The van der Waals surface area contributed by atoms with Crippen molar-refractivity contribution in [3.63, 3.8) is 0 Å². The monoisotopic (exact) mass is 210 g/mol. The summed E-state index contributed by atoms with van der Waals surface area (Å²) < 4.78 is 22.2. The van der Waals surface area contributed by atoms with E-state index in [9.17, 15) is 8.42 Å². The zero-order chi connectivity index (χ0) is 10.8. The summed E-state index contributed by atoms with van der Waals surface area (Å²) in [5, 5.41) is 8.52. The minimum Gasteiger partial charge on any atom is -0.312 e. The molecule has 74 valence electrons. The van der Waals surface area contributed by atoms with Crippen LogP contribution in [-0.4, -0.2) is 14.7 Å². The maximum Gasteiger partial charge on any atom is 0.175 e. The van der Waals surface area contributed by atoms with Crippen molar-refractivity contribution in [2.75, 3.05) is 6.26 Å². The predicted octanol–water partition coefficient (Wildman–Crippen LogP) is 0.613. The van der Waals surface area contributed by atoms with Gasteiger partial charge in [-0.2, -0.15) is 5.26 Å². The van der Waals surface area contributed by atoms with Gasteiger partial charge in [0.2, 0.25) is 0 Å². The molecule has 1 atom stereocenters. The van der Waals surface area contributed by atoms with Crippen molar-refractivity contribution in [2.24, 2.45) is 5.73 Å². The molecular formula is C9H10N2O2S. The maximum absolute atomic E-state index is 11.1. The number of hydrogen-bond donors (Lipinski definition) is 1. The number of benzene rings is 1. The van der Waals surface area contributed by atoms with Crippen LogP contribution in [0.2, 0.25) is 0 Å². The molecule has 0 amide bonds. The molecule has 14 heavy (non-hydrogen) atoms. The third kappa shape index (κ3) is 2.31. The Labute approximate surface area is 82.9 Å². The molecule has 0 saturated carbocycles. The lowest BCUT2D eigenvalue weighted by Gasteiger charge is -2.03. The molecule has 0 aliphatic carbocycles. The summed E-state index contributed by atoms with van der Waals surface area (Å²) in [6.45, 7) is 0. The maximum atomic E-state index is 11.1. The van der Waals surface area contributed by atoms with Crippen LogP contribution in [0.1, 0.15) is 11.6 Å². The molecular weight excluding hydrogens is 200 g/mol. The molecule has 1 unspecified atom stereocenters. The van der Waals surface area contributed by atoms with Gasteiger partial charge in [0, 0.05) is 6.26 Å². The highest BCUT2D eigenvalue weighted by Gasteiger charge is 2.08. The molecule has 0 saturated heterocycles. The fourth-order valence-corrected chi connectivity index (χ4v) is 1.63. The highest BCUT2D eigenvalue weighted by Crippen LogP contribution is 2.14. The minimum atomic E-state index is -3.18. The Morgan fingerprint density at radius 2 is 1.86 bits per heavy atom. The molecule has 0 aliphatic heterocycles. The standard InChI is InChI=1S/C9H10N2O2S/c1-14(12,13)8-4-2-7(3-5-8)9(11)6-10/h2-5,9H,11H2,1H3. The molecule has 0 radical (unpaired) electrons. The largest absolute Gasteiger partial charge is 0.312 e. The molecule has 4 nitrogen and oxygen atoms in total. The third-order valence-electron chi connectivity index (χ3n) is 1.81. The van der Waals surface area contributed by atoms with Crippen molar-refractivity contribution in [2.45, 2.75) is 10.9 Å². The number of nitrogens with zero attached hydrogens (tertiary/aromatic N) is 1. The second kappa shape index (κ2) is 3.78. The van der Waals surface area contributed by atoms with Crippen molar-refractivity contribution >= 4 is 9.84 Å². The SMILES string of the molecule is CS(=O)(=O)c1ccc(C(N)C#N)cc1. The van der Waals surface area contributed by atoms with E-state index in [2.05, 4.69) is 0 Å². The summed E-state index contributed by atoms with van der Waals surface area (Å²) in [6.07, 6.45) is 1.13. The zero-order valence-corrected chi connectivity index (χ0v) is 8.45. The van der Waals surface area contributed by atoms with Crippen LogP contribution < -0.4 is 5.73 Å². The van der Waals surface area contributed by atoms with Crippen LogP contribution in [0.15, 0.2) is 29.2 Å². The summed E-state index contributed by atoms with van der Waals surface area (Å²) in [6, 6.07) is 7.15. The van der Waals surface area contributed by atoms with Gasteiger partial charge in [0.05, 0.1) is 11.0 Å². The highest BCUT2D eigenvalue weighted by atomic mass is 32.2. The molecule has 0 spiro atoms. The van der Waals surface area contributed by atoms with E-state index in [4.69, 9.17) is 11.0 Å². The van der Waals surface area contributed by atoms with E-state index in [1.807, 2.05) is 6.07 Å². The van der Waals surface area contributed by atoms with Gasteiger partial charge >= 0.3 is 0 Å². The van der Waals surface area contributed by atoms with Crippen molar-refractivity contribution in [1.29, 1.82) is 5.26 Å². The lowest BCUT2D eigenvalue weighted by atomic mass is 10.1. The molecule has 0 bridgehead atoms. The highest BCUT2D eigenvalue weighted by molar-refractivity contribution is 7.90. The van der Waals surface area contributed by atoms with E-state index < -0.39 is 15.9 Å². The molecule has 0 heterocycles. The zero-order valence-electron chi connectivity index (χ0n) is 7.64. The van der Waals surface area contributed by atoms with Crippen LogP contribution in [0.25, 0.3) is 0 Å². The smallest absolute Gasteiger partial charge is 0.175 e. The molecule has 1 aromatic carbocycles. The average molecular weight is 210 g/mol. The quantitative estimate of drug-likeness (QED) is 0.775. The Hall–Kier alpha value is -1.38. The van der Waals surface area contributed by atoms with Gasteiger partial charge in [-0.05, 0) is 17.7 Å². The fourth-order valence-electron chi connectivity index (χ4n) is 0.997. The molecule has 5 heteroatoms. The van der Waals surface area contributed by atoms with Crippen molar-refractivity contribution in [1.82, 2.24) is 0 Å². The van der Waals surface area contributed by atoms with E-state index >= 15 is 0 Å². The second-order valence-electron chi connectivity index (χ2n) is 2.95. The topological polar surface area (TPSA) is 83.9 Å². The van der Waals surface area contributed by atoms with Crippen LogP contribution in [0.4, 0.5) is 0 Å². The fraction of sp³-hybridized carbons (Fsp3) is 0.222. The van der Waals surface area contributed by atoms with Gasteiger partial charge < -0.3 is 5.73 Å². The first-order chi connectivity index (χ1) is 6.45. The number of hydrogen-bond acceptors (Lipinski definition) is 4. The first-order valence-electron chi connectivity index (χ1n) is 3.90. The normalized spacial score (nSPS) is 13.2. The van der Waals surface area contributed by atoms with E-state index in [0.29, 0.717) is 5.56 Å². The Kier molecular flexibility index (Phi) is 2.89. The molecule has 2 N–H and O–H groups in total. The van der Waals surface area contributed by atoms with Crippen molar-refractivity contribution in [3.05, 3.63) is 29.8 Å². The number of nitriles is 1. The van der Waals surface area contributed by atoms with Gasteiger partial charge in [-0.1, -0.05) is 12.1 Å². The van der Waals surface area contributed by atoms with Gasteiger partial charge in [0.1, 0.15) is 6.04 Å². The average Bonchev–Trinajstić information content (AvgIpc) is 2.15. The molecule has 0 fully saturated rings. The van der Waals surface area contributed by atoms with Gasteiger partial charge in [-0.15, -0.1) is 0 Å². The molecule has 1 rings (SSSR count). The Bertz CT molecular complexity index is 457. The Balaban J connectivity index is 3.09. The minimum absolute atomic E-state index is 0.228. The van der Waals surface area contributed by atoms with Crippen molar-refractivity contribution < 1.29 is 8.42 Å². The Morgan fingerprint density at radius 3 is 2.21 bits per heavy atom. The first-order valence-corrected chi connectivity index (χ1v) is 5.79. The number of sulfone groups is 1. The first kappa shape index (κ1) is 10.7. The lowest BCUT2D eigenvalue weighted by Crippen LogP contribution is -2.07. The molecule has 0 aliphatic rings. The van der Waals surface area contributed by atoms with E-state index in [1.165, 1.54) is 12.1 Å². The van der Waals surface area contributed by atoms with E-state index in [1.54, 1.807) is 12.1 Å². The van der Waals surface area contributed by atoms with E-state index in [-0.39, 0.29) is 4.90 Å². The van der Waals surface area contributed by atoms with Crippen LogP contribution >= 0.6 is 0 Å². The summed E-state index contributed by atoms with van der Waals surface area (Å²) in [5.74, 6) is 0. The summed E-state index contributed by atoms with van der Waals surface area (Å²) >= 11 is 0. The Morgan fingerprint density at radius 1 is 1.36 bits per heavy atom. The summed E-state index contributed by atoms with van der Waals surface area (Å²) in [7, 11) is -3.18. The second-order valence-corrected chi connectivity index (χ2v) is 4.96. The summed E-state index contributed by atoms with van der Waals surface area (Å²) in [5.41, 5.74) is 6.05. The number of rotatable bonds is 2. The predicted molar refractivity (Wildman–Crippen MR) is 52.1 cm³/mol. The van der Waals surface area contributed by atoms with Crippen molar-refractivity contribution in [3.8, 4) is 6.07 Å². The third-order valence-corrected chi connectivity index (χ3v) is 2.93. The summed E-state index contributed by atoms with van der Waals surface area (Å²) in [4.78, 5) is 0.228. The van der Waals surface area contributed by atoms with Gasteiger partial charge in [-0.3, -0.25) is 0 Å². The van der Waals surface area contributed by atoms with Gasteiger partial charge in [0.25, 0.3) is 0 Å².